The molecule has 1 atom stereocenters. The first-order valence-corrected chi connectivity index (χ1v) is 7.63. The van der Waals surface area contributed by atoms with Gasteiger partial charge in [0.15, 0.2) is 23.6 Å². The SMILES string of the molecule is C[C@H](OC(=O)c1ccc(N(C)C)cc1)C(=O)Nc1ccc(F)c(F)c1F. The number of halogens is 3. The Morgan fingerprint density at radius 1 is 1.00 bits per heavy atom. The molecular formula is C18H17F3N2O3. The third-order valence-electron chi connectivity index (χ3n) is 3.57. The normalized spacial score (nSPS) is 11.6. The fraction of sp³-hybridized carbons (Fsp3) is 0.222. The van der Waals surface area contributed by atoms with Gasteiger partial charge in [-0.25, -0.2) is 18.0 Å². The van der Waals surface area contributed by atoms with Gasteiger partial charge in [0, 0.05) is 19.8 Å². The fourth-order valence-corrected chi connectivity index (χ4v) is 2.03. The summed E-state index contributed by atoms with van der Waals surface area (Å²) in [6.07, 6.45) is -1.27. The van der Waals surface area contributed by atoms with Crippen LogP contribution in [0.2, 0.25) is 0 Å². The van der Waals surface area contributed by atoms with Gasteiger partial charge >= 0.3 is 5.97 Å². The molecule has 2 rings (SSSR count). The molecule has 0 unspecified atom stereocenters. The summed E-state index contributed by atoms with van der Waals surface area (Å²) >= 11 is 0. The molecule has 2 aromatic carbocycles. The van der Waals surface area contributed by atoms with E-state index in [1.165, 1.54) is 19.1 Å². The highest BCUT2D eigenvalue weighted by Crippen LogP contribution is 2.20. The number of rotatable bonds is 5. The van der Waals surface area contributed by atoms with Gasteiger partial charge in [0.25, 0.3) is 5.91 Å². The van der Waals surface area contributed by atoms with E-state index in [1.54, 1.807) is 12.1 Å². The lowest BCUT2D eigenvalue weighted by atomic mass is 10.2. The third-order valence-corrected chi connectivity index (χ3v) is 3.57. The highest BCUT2D eigenvalue weighted by Gasteiger charge is 2.22. The molecule has 0 radical (unpaired) electrons. The van der Waals surface area contributed by atoms with Crippen LogP contribution in [0.4, 0.5) is 24.5 Å². The van der Waals surface area contributed by atoms with Gasteiger partial charge in [-0.05, 0) is 43.3 Å². The molecule has 26 heavy (non-hydrogen) atoms. The summed E-state index contributed by atoms with van der Waals surface area (Å²) in [5.74, 6) is -6.23. The number of amides is 1. The molecule has 1 N–H and O–H groups in total. The van der Waals surface area contributed by atoms with E-state index in [2.05, 4.69) is 5.32 Å². The maximum Gasteiger partial charge on any atom is 0.338 e. The first kappa shape index (κ1) is 19.3. The minimum Gasteiger partial charge on any atom is -0.449 e. The van der Waals surface area contributed by atoms with E-state index in [1.807, 2.05) is 19.0 Å². The van der Waals surface area contributed by atoms with Gasteiger partial charge < -0.3 is 15.0 Å². The van der Waals surface area contributed by atoms with E-state index in [4.69, 9.17) is 4.74 Å². The molecule has 0 saturated carbocycles. The molecule has 0 spiro atoms. The Morgan fingerprint density at radius 3 is 2.19 bits per heavy atom. The molecule has 2 aromatic rings. The summed E-state index contributed by atoms with van der Waals surface area (Å²) in [6.45, 7) is 1.28. The first-order chi connectivity index (χ1) is 12.2. The quantitative estimate of drug-likeness (QED) is 0.651. The number of nitrogens with zero attached hydrogens (tertiary/aromatic N) is 1. The van der Waals surface area contributed by atoms with Crippen molar-refractivity contribution in [1.82, 2.24) is 0 Å². The Labute approximate surface area is 148 Å². The number of nitrogens with one attached hydrogen (secondary N) is 1. The second-order valence-corrected chi connectivity index (χ2v) is 5.70. The van der Waals surface area contributed by atoms with Crippen LogP contribution in [0.15, 0.2) is 36.4 Å². The monoisotopic (exact) mass is 366 g/mol. The highest BCUT2D eigenvalue weighted by molar-refractivity contribution is 5.97. The zero-order valence-corrected chi connectivity index (χ0v) is 14.3. The highest BCUT2D eigenvalue weighted by atomic mass is 19.2. The van der Waals surface area contributed by atoms with Crippen LogP contribution in [0.25, 0.3) is 0 Å². The predicted octanol–water partition coefficient (Wildman–Crippen LogP) is 3.35. The molecular weight excluding hydrogens is 349 g/mol. The topological polar surface area (TPSA) is 58.6 Å². The minimum atomic E-state index is -1.70. The number of esters is 1. The van der Waals surface area contributed by atoms with Crippen molar-refractivity contribution in [2.75, 3.05) is 24.3 Å². The molecule has 0 aromatic heterocycles. The van der Waals surface area contributed by atoms with Crippen molar-refractivity contribution in [3.05, 3.63) is 59.4 Å². The summed E-state index contributed by atoms with van der Waals surface area (Å²) in [5, 5.41) is 2.05. The first-order valence-electron chi connectivity index (χ1n) is 7.63. The van der Waals surface area contributed by atoms with Crippen LogP contribution in [-0.4, -0.2) is 32.1 Å². The van der Waals surface area contributed by atoms with Gasteiger partial charge in [-0.2, -0.15) is 0 Å². The minimum absolute atomic E-state index is 0.231. The molecule has 5 nitrogen and oxygen atoms in total. The van der Waals surface area contributed by atoms with Crippen LogP contribution in [-0.2, 0) is 9.53 Å². The molecule has 0 aliphatic heterocycles. The number of hydrogen-bond donors (Lipinski definition) is 1. The molecule has 1 amide bonds. The van der Waals surface area contributed by atoms with Crippen molar-refractivity contribution in [2.45, 2.75) is 13.0 Å². The van der Waals surface area contributed by atoms with Crippen LogP contribution in [0, 0.1) is 17.5 Å². The average Bonchev–Trinajstić information content (AvgIpc) is 2.62. The summed E-state index contributed by atoms with van der Waals surface area (Å²) < 4.78 is 44.7. The summed E-state index contributed by atoms with van der Waals surface area (Å²) in [4.78, 5) is 25.9. The van der Waals surface area contributed by atoms with E-state index >= 15 is 0 Å². The van der Waals surface area contributed by atoms with Crippen molar-refractivity contribution < 1.29 is 27.5 Å². The molecule has 8 heteroatoms. The van der Waals surface area contributed by atoms with Crippen LogP contribution in [0.1, 0.15) is 17.3 Å². The third kappa shape index (κ3) is 4.33. The Balaban J connectivity index is 2.02. The summed E-state index contributed by atoms with van der Waals surface area (Å²) in [7, 11) is 3.69. The number of anilines is 2. The van der Waals surface area contributed by atoms with Gasteiger partial charge in [-0.1, -0.05) is 0 Å². The molecule has 0 fully saturated rings. The van der Waals surface area contributed by atoms with Gasteiger partial charge in [0.05, 0.1) is 11.3 Å². The zero-order valence-electron chi connectivity index (χ0n) is 14.3. The number of ether oxygens (including phenoxy) is 1. The lowest BCUT2D eigenvalue weighted by Gasteiger charge is -2.15. The molecule has 138 valence electrons. The Bertz CT molecular complexity index is 823. The van der Waals surface area contributed by atoms with Crippen molar-refractivity contribution in [1.29, 1.82) is 0 Å². The summed E-state index contributed by atoms with van der Waals surface area (Å²) in [5.41, 5.74) is 0.558. The van der Waals surface area contributed by atoms with Gasteiger partial charge in [-0.3, -0.25) is 4.79 Å². The summed E-state index contributed by atoms with van der Waals surface area (Å²) in [6, 6.07) is 8.04. The average molecular weight is 366 g/mol. The van der Waals surface area contributed by atoms with E-state index in [9.17, 15) is 22.8 Å². The standard InChI is InChI=1S/C18H17F3N2O3/c1-10(17(24)22-14-9-8-13(19)15(20)16(14)21)26-18(25)11-4-6-12(7-5-11)23(2)3/h4-10H,1-3H3,(H,22,24)/t10-/m0/s1. The zero-order chi connectivity index (χ0) is 19.4. The van der Waals surface area contributed by atoms with Gasteiger partial charge in [0.1, 0.15) is 0 Å². The van der Waals surface area contributed by atoms with Crippen molar-refractivity contribution in [3.8, 4) is 0 Å². The number of benzene rings is 2. The van der Waals surface area contributed by atoms with Crippen molar-refractivity contribution in [3.63, 3.8) is 0 Å². The van der Waals surface area contributed by atoms with Crippen molar-refractivity contribution in [2.24, 2.45) is 0 Å². The fourth-order valence-electron chi connectivity index (χ4n) is 2.03. The van der Waals surface area contributed by atoms with Crippen molar-refractivity contribution >= 4 is 23.3 Å². The van der Waals surface area contributed by atoms with Crippen LogP contribution in [0.5, 0.6) is 0 Å². The van der Waals surface area contributed by atoms with E-state index < -0.39 is 41.1 Å². The number of carbonyl (C=O) groups excluding carboxylic acids is 2. The van der Waals surface area contributed by atoms with Crippen LogP contribution < -0.4 is 10.2 Å². The Morgan fingerprint density at radius 2 is 1.62 bits per heavy atom. The lowest BCUT2D eigenvalue weighted by Crippen LogP contribution is -2.30. The molecule has 0 bridgehead atoms. The maximum absolute atomic E-state index is 13.6. The van der Waals surface area contributed by atoms with Gasteiger partial charge in [-0.15, -0.1) is 0 Å². The Hall–Kier alpha value is -3.03. The maximum atomic E-state index is 13.6. The smallest absolute Gasteiger partial charge is 0.338 e. The molecule has 0 aliphatic carbocycles. The van der Waals surface area contributed by atoms with E-state index in [-0.39, 0.29) is 5.56 Å². The number of hydrogen-bond acceptors (Lipinski definition) is 4. The predicted molar refractivity (Wildman–Crippen MR) is 90.6 cm³/mol. The second kappa shape index (κ2) is 7.90. The molecule has 0 saturated heterocycles. The number of carbonyl (C=O) groups is 2. The lowest BCUT2D eigenvalue weighted by molar-refractivity contribution is -0.123. The molecule has 0 aliphatic rings. The van der Waals surface area contributed by atoms with E-state index in [0.29, 0.717) is 6.07 Å². The van der Waals surface area contributed by atoms with Gasteiger partial charge in [0.2, 0.25) is 0 Å². The van der Waals surface area contributed by atoms with Crippen LogP contribution in [0.3, 0.4) is 0 Å². The largest absolute Gasteiger partial charge is 0.449 e. The van der Waals surface area contributed by atoms with E-state index in [0.717, 1.165) is 11.8 Å². The van der Waals surface area contributed by atoms with Crippen LogP contribution >= 0.6 is 0 Å². The molecule has 0 heterocycles. The Kier molecular flexibility index (Phi) is 5.86. The second-order valence-electron chi connectivity index (χ2n) is 5.70.